The van der Waals surface area contributed by atoms with Crippen molar-refractivity contribution >= 4 is 5.91 Å². The van der Waals surface area contributed by atoms with Crippen molar-refractivity contribution < 1.29 is 4.79 Å². The molecule has 1 N–H and O–H groups in total. The van der Waals surface area contributed by atoms with E-state index in [0.717, 1.165) is 5.69 Å². The average Bonchev–Trinajstić information content (AvgIpc) is 2.46. The minimum absolute atomic E-state index is 0.104. The number of hydrogen-bond acceptors (Lipinski definition) is 2. The molecule has 0 aliphatic heterocycles. The molecule has 0 atom stereocenters. The number of nitrogens with one attached hydrogen (secondary N) is 1. The van der Waals surface area contributed by atoms with Crippen LogP contribution in [-0.4, -0.2) is 21.7 Å². The summed E-state index contributed by atoms with van der Waals surface area (Å²) in [5.41, 5.74) is 1.51. The topological polar surface area (TPSA) is 46.9 Å². The van der Waals surface area contributed by atoms with Crippen molar-refractivity contribution in [1.82, 2.24) is 15.1 Å². The molecule has 4 heteroatoms. The van der Waals surface area contributed by atoms with Gasteiger partial charge in [0.1, 0.15) is 5.69 Å². The molecule has 0 fully saturated rings. The number of aryl methyl sites for hydroxylation is 1. The summed E-state index contributed by atoms with van der Waals surface area (Å²) < 4.78 is 1.86. The van der Waals surface area contributed by atoms with Crippen LogP contribution in [0.1, 0.15) is 49.9 Å². The van der Waals surface area contributed by atoms with Gasteiger partial charge in [0.2, 0.25) is 0 Å². The van der Waals surface area contributed by atoms with E-state index < -0.39 is 0 Å². The van der Waals surface area contributed by atoms with Crippen LogP contribution in [0.15, 0.2) is 6.07 Å². The SMILES string of the molecule is Cc1cc(C(=O)NC(C)C)nn1C(C)C. The first kappa shape index (κ1) is 11.8. The van der Waals surface area contributed by atoms with Crippen LogP contribution in [0.2, 0.25) is 0 Å². The highest BCUT2D eigenvalue weighted by Crippen LogP contribution is 2.10. The molecule has 84 valence electrons. The van der Waals surface area contributed by atoms with Gasteiger partial charge in [0.25, 0.3) is 5.91 Å². The molecule has 1 rings (SSSR count). The lowest BCUT2D eigenvalue weighted by Gasteiger charge is -2.07. The predicted octanol–water partition coefficient (Wildman–Crippen LogP) is 1.91. The van der Waals surface area contributed by atoms with Gasteiger partial charge in [0.15, 0.2) is 0 Å². The van der Waals surface area contributed by atoms with Gasteiger partial charge in [-0.1, -0.05) is 0 Å². The second kappa shape index (κ2) is 4.47. The van der Waals surface area contributed by atoms with Crippen LogP contribution in [0, 0.1) is 6.92 Å². The second-order valence-electron chi connectivity index (χ2n) is 4.34. The van der Waals surface area contributed by atoms with Crippen LogP contribution in [0.3, 0.4) is 0 Å². The van der Waals surface area contributed by atoms with Crippen LogP contribution >= 0.6 is 0 Å². The molecule has 0 spiro atoms. The molecule has 0 aliphatic carbocycles. The summed E-state index contributed by atoms with van der Waals surface area (Å²) in [6.45, 7) is 9.92. The van der Waals surface area contributed by atoms with E-state index in [2.05, 4.69) is 10.4 Å². The normalized spacial score (nSPS) is 11.1. The first-order valence-corrected chi connectivity index (χ1v) is 5.28. The number of rotatable bonds is 3. The van der Waals surface area contributed by atoms with Gasteiger partial charge in [-0.05, 0) is 40.7 Å². The molecule has 0 saturated heterocycles. The third-order valence-corrected chi connectivity index (χ3v) is 2.06. The molecule has 0 aromatic carbocycles. The number of nitrogens with zero attached hydrogens (tertiary/aromatic N) is 2. The van der Waals surface area contributed by atoms with Crippen LogP contribution in [0.25, 0.3) is 0 Å². The summed E-state index contributed by atoms with van der Waals surface area (Å²) in [4.78, 5) is 11.7. The molecule has 0 aliphatic rings. The van der Waals surface area contributed by atoms with Gasteiger partial charge in [0.05, 0.1) is 0 Å². The zero-order chi connectivity index (χ0) is 11.6. The molecular formula is C11H19N3O. The minimum Gasteiger partial charge on any atom is -0.348 e. The molecule has 1 aromatic rings. The lowest BCUT2D eigenvalue weighted by Crippen LogP contribution is -2.30. The largest absolute Gasteiger partial charge is 0.348 e. The Kier molecular flexibility index (Phi) is 3.50. The van der Waals surface area contributed by atoms with Gasteiger partial charge in [0, 0.05) is 17.8 Å². The molecule has 1 aromatic heterocycles. The number of carbonyl (C=O) groups is 1. The Balaban J connectivity index is 2.87. The second-order valence-corrected chi connectivity index (χ2v) is 4.34. The number of amides is 1. The molecule has 1 amide bonds. The maximum atomic E-state index is 11.7. The fourth-order valence-corrected chi connectivity index (χ4v) is 1.46. The quantitative estimate of drug-likeness (QED) is 0.826. The third-order valence-electron chi connectivity index (χ3n) is 2.06. The molecule has 1 heterocycles. The molecular weight excluding hydrogens is 190 g/mol. The molecule has 0 saturated carbocycles. The Morgan fingerprint density at radius 1 is 1.40 bits per heavy atom. The van der Waals surface area contributed by atoms with Crippen molar-refractivity contribution in [2.75, 3.05) is 0 Å². The van der Waals surface area contributed by atoms with Crippen molar-refractivity contribution in [1.29, 1.82) is 0 Å². The van der Waals surface area contributed by atoms with Crippen LogP contribution in [-0.2, 0) is 0 Å². The average molecular weight is 209 g/mol. The van der Waals surface area contributed by atoms with E-state index in [1.807, 2.05) is 45.4 Å². The van der Waals surface area contributed by atoms with E-state index in [1.54, 1.807) is 0 Å². The Hall–Kier alpha value is -1.32. The number of carbonyl (C=O) groups excluding carboxylic acids is 1. The van der Waals surface area contributed by atoms with E-state index in [1.165, 1.54) is 0 Å². The molecule has 0 radical (unpaired) electrons. The summed E-state index contributed by atoms with van der Waals surface area (Å²) in [5.74, 6) is -0.104. The highest BCUT2D eigenvalue weighted by Gasteiger charge is 2.13. The van der Waals surface area contributed by atoms with E-state index in [-0.39, 0.29) is 18.0 Å². The van der Waals surface area contributed by atoms with Crippen LogP contribution in [0.5, 0.6) is 0 Å². The van der Waals surface area contributed by atoms with Gasteiger partial charge in [-0.15, -0.1) is 0 Å². The van der Waals surface area contributed by atoms with Crippen LogP contribution < -0.4 is 5.32 Å². The monoisotopic (exact) mass is 209 g/mol. The molecule has 0 bridgehead atoms. The number of aromatic nitrogens is 2. The third kappa shape index (κ3) is 2.81. The fourth-order valence-electron chi connectivity index (χ4n) is 1.46. The van der Waals surface area contributed by atoms with E-state index >= 15 is 0 Å². The Morgan fingerprint density at radius 3 is 2.40 bits per heavy atom. The van der Waals surface area contributed by atoms with E-state index in [9.17, 15) is 4.79 Å². The highest BCUT2D eigenvalue weighted by molar-refractivity contribution is 5.92. The summed E-state index contributed by atoms with van der Waals surface area (Å²) in [7, 11) is 0. The van der Waals surface area contributed by atoms with Gasteiger partial charge >= 0.3 is 0 Å². The molecule has 0 unspecified atom stereocenters. The van der Waals surface area contributed by atoms with Crippen molar-refractivity contribution in [3.05, 3.63) is 17.5 Å². The Labute approximate surface area is 90.7 Å². The summed E-state index contributed by atoms with van der Waals surface area (Å²) >= 11 is 0. The Morgan fingerprint density at radius 2 is 2.00 bits per heavy atom. The van der Waals surface area contributed by atoms with Crippen molar-refractivity contribution in [2.45, 2.75) is 46.7 Å². The first-order valence-electron chi connectivity index (χ1n) is 5.28. The summed E-state index contributed by atoms with van der Waals surface area (Å²) in [5, 5.41) is 7.09. The highest BCUT2D eigenvalue weighted by atomic mass is 16.2. The van der Waals surface area contributed by atoms with Crippen molar-refractivity contribution in [2.24, 2.45) is 0 Å². The lowest BCUT2D eigenvalue weighted by atomic mass is 10.3. The van der Waals surface area contributed by atoms with Crippen molar-refractivity contribution in [3.63, 3.8) is 0 Å². The minimum atomic E-state index is -0.104. The molecule has 15 heavy (non-hydrogen) atoms. The summed E-state index contributed by atoms with van der Waals surface area (Å²) in [6, 6.07) is 2.24. The van der Waals surface area contributed by atoms with E-state index in [0.29, 0.717) is 5.69 Å². The van der Waals surface area contributed by atoms with Crippen LogP contribution in [0.4, 0.5) is 0 Å². The number of hydrogen-bond donors (Lipinski definition) is 1. The maximum Gasteiger partial charge on any atom is 0.271 e. The predicted molar refractivity (Wildman–Crippen MR) is 60.0 cm³/mol. The van der Waals surface area contributed by atoms with Crippen molar-refractivity contribution in [3.8, 4) is 0 Å². The first-order chi connectivity index (χ1) is 6.91. The fraction of sp³-hybridized carbons (Fsp3) is 0.636. The van der Waals surface area contributed by atoms with Gasteiger partial charge in [-0.2, -0.15) is 5.10 Å². The maximum absolute atomic E-state index is 11.7. The Bertz CT molecular complexity index is 353. The van der Waals surface area contributed by atoms with Gasteiger partial charge in [-0.25, -0.2) is 0 Å². The zero-order valence-corrected chi connectivity index (χ0v) is 10.0. The smallest absolute Gasteiger partial charge is 0.271 e. The molecule has 4 nitrogen and oxygen atoms in total. The summed E-state index contributed by atoms with van der Waals surface area (Å²) in [6.07, 6.45) is 0. The standard InChI is InChI=1S/C11H19N3O/c1-7(2)12-11(15)10-6-9(5)14(13-10)8(3)4/h6-8H,1-5H3,(H,12,15). The van der Waals surface area contributed by atoms with E-state index in [4.69, 9.17) is 0 Å². The lowest BCUT2D eigenvalue weighted by molar-refractivity contribution is 0.0937. The zero-order valence-electron chi connectivity index (χ0n) is 10.0. The van der Waals surface area contributed by atoms with Gasteiger partial charge in [-0.3, -0.25) is 9.48 Å². The van der Waals surface area contributed by atoms with Gasteiger partial charge < -0.3 is 5.32 Å².